The molecule has 1 aliphatic carbocycles. The molecule has 0 bridgehead atoms. The molecule has 0 aliphatic heterocycles. The third kappa shape index (κ3) is 8.42. The van der Waals surface area contributed by atoms with Crippen molar-refractivity contribution in [2.45, 2.75) is 64.1 Å². The van der Waals surface area contributed by atoms with E-state index in [1.165, 1.54) is 0 Å². The van der Waals surface area contributed by atoms with Crippen molar-refractivity contribution < 1.29 is 18.0 Å². The van der Waals surface area contributed by atoms with Gasteiger partial charge in [-0.2, -0.15) is 0 Å². The van der Waals surface area contributed by atoms with Gasteiger partial charge in [0.2, 0.25) is 21.8 Å². The summed E-state index contributed by atoms with van der Waals surface area (Å²) in [6.07, 6.45) is 6.00. The van der Waals surface area contributed by atoms with Crippen LogP contribution >= 0.6 is 15.9 Å². The van der Waals surface area contributed by atoms with E-state index in [-0.39, 0.29) is 18.5 Å². The second-order valence-corrected chi connectivity index (χ2v) is 13.4. The van der Waals surface area contributed by atoms with Crippen molar-refractivity contribution in [3.8, 4) is 0 Å². The molecule has 9 heteroatoms. The van der Waals surface area contributed by atoms with Gasteiger partial charge in [0.15, 0.2) is 0 Å². The molecule has 4 rings (SSSR count). The lowest BCUT2D eigenvalue weighted by Crippen LogP contribution is -2.54. The Bertz CT molecular complexity index is 1420. The van der Waals surface area contributed by atoms with Crippen LogP contribution in [0.3, 0.4) is 0 Å². The van der Waals surface area contributed by atoms with Gasteiger partial charge in [-0.15, -0.1) is 0 Å². The van der Waals surface area contributed by atoms with E-state index in [1.54, 1.807) is 17.0 Å². The standard InChI is InChI=1S/C32H38BrN3O4S/c1-3-26-13-7-10-16-29(26)36(41(2,39)40)23-31(37)35(22-25-17-19-27(33)20-18-25)30(21-24-11-5-4-6-12-24)32(38)34-28-14-8-9-15-28/h4-7,10-13,16-20,28,30H,3,8-9,14-15,21-23H2,1-2H3,(H,34,38)/t30-/m0/s1. The zero-order valence-electron chi connectivity index (χ0n) is 23.6. The predicted octanol–water partition coefficient (Wildman–Crippen LogP) is 5.48. The van der Waals surface area contributed by atoms with Crippen LogP contribution < -0.4 is 9.62 Å². The molecule has 7 nitrogen and oxygen atoms in total. The summed E-state index contributed by atoms with van der Waals surface area (Å²) >= 11 is 3.46. The predicted molar refractivity (Wildman–Crippen MR) is 167 cm³/mol. The molecule has 1 atom stereocenters. The normalized spacial score (nSPS) is 14.4. The highest BCUT2D eigenvalue weighted by molar-refractivity contribution is 9.10. The molecule has 1 N–H and O–H groups in total. The van der Waals surface area contributed by atoms with Crippen LogP contribution in [0.1, 0.15) is 49.3 Å². The molecule has 3 aromatic rings. The second kappa shape index (κ2) is 14.1. The van der Waals surface area contributed by atoms with Gasteiger partial charge < -0.3 is 10.2 Å². The minimum atomic E-state index is -3.80. The van der Waals surface area contributed by atoms with Gasteiger partial charge in [-0.1, -0.05) is 96.4 Å². The highest BCUT2D eigenvalue weighted by atomic mass is 79.9. The smallest absolute Gasteiger partial charge is 0.244 e. The van der Waals surface area contributed by atoms with Crippen molar-refractivity contribution in [2.24, 2.45) is 0 Å². The number of halogens is 1. The first-order valence-corrected chi connectivity index (χ1v) is 16.7. The molecule has 0 heterocycles. The van der Waals surface area contributed by atoms with Crippen LogP contribution in [0.5, 0.6) is 0 Å². The van der Waals surface area contributed by atoms with Crippen LogP contribution in [0.15, 0.2) is 83.3 Å². The highest BCUT2D eigenvalue weighted by Crippen LogP contribution is 2.25. The van der Waals surface area contributed by atoms with Crippen molar-refractivity contribution >= 4 is 43.5 Å². The van der Waals surface area contributed by atoms with E-state index < -0.39 is 28.5 Å². The maximum absolute atomic E-state index is 14.2. The monoisotopic (exact) mass is 639 g/mol. The summed E-state index contributed by atoms with van der Waals surface area (Å²) in [5, 5.41) is 3.19. The van der Waals surface area contributed by atoms with Crippen LogP contribution in [0.25, 0.3) is 0 Å². The van der Waals surface area contributed by atoms with Crippen molar-refractivity contribution in [2.75, 3.05) is 17.1 Å². The first kappa shape index (κ1) is 30.8. The number of benzene rings is 3. The number of sulfonamides is 1. The van der Waals surface area contributed by atoms with Crippen molar-refractivity contribution in [3.63, 3.8) is 0 Å². The number of hydrogen-bond donors (Lipinski definition) is 1. The molecule has 0 saturated heterocycles. The van der Waals surface area contributed by atoms with Gasteiger partial charge in [-0.05, 0) is 54.2 Å². The molecule has 0 radical (unpaired) electrons. The van der Waals surface area contributed by atoms with Crippen LogP contribution in [0, 0.1) is 0 Å². The van der Waals surface area contributed by atoms with Gasteiger partial charge in [0.05, 0.1) is 11.9 Å². The number of nitrogens with zero attached hydrogens (tertiary/aromatic N) is 2. The Morgan fingerprint density at radius 3 is 2.20 bits per heavy atom. The molecule has 1 fully saturated rings. The molecule has 218 valence electrons. The highest BCUT2D eigenvalue weighted by Gasteiger charge is 2.34. The maximum atomic E-state index is 14.2. The van der Waals surface area contributed by atoms with E-state index in [9.17, 15) is 18.0 Å². The number of nitrogens with one attached hydrogen (secondary N) is 1. The Hall–Kier alpha value is -3.17. The summed E-state index contributed by atoms with van der Waals surface area (Å²) in [5.74, 6) is -0.655. The number of amides is 2. The molecule has 2 amide bonds. The minimum absolute atomic E-state index is 0.0781. The van der Waals surface area contributed by atoms with Gasteiger partial charge in [0.25, 0.3) is 0 Å². The van der Waals surface area contributed by atoms with Gasteiger partial charge in [0.1, 0.15) is 12.6 Å². The molecule has 0 spiro atoms. The van der Waals surface area contributed by atoms with Crippen LogP contribution in [0.4, 0.5) is 5.69 Å². The molecular formula is C32H38BrN3O4S. The van der Waals surface area contributed by atoms with E-state index in [0.29, 0.717) is 18.5 Å². The number of carbonyl (C=O) groups is 2. The number of hydrogen-bond acceptors (Lipinski definition) is 4. The molecule has 3 aromatic carbocycles. The van der Waals surface area contributed by atoms with Gasteiger partial charge in [-0.25, -0.2) is 8.42 Å². The van der Waals surface area contributed by atoms with Crippen molar-refractivity contribution in [1.82, 2.24) is 10.2 Å². The van der Waals surface area contributed by atoms with Crippen LogP contribution in [0.2, 0.25) is 0 Å². The zero-order chi connectivity index (χ0) is 29.4. The summed E-state index contributed by atoms with van der Waals surface area (Å²) in [4.78, 5) is 29.7. The number of para-hydroxylation sites is 1. The number of carbonyl (C=O) groups excluding carboxylic acids is 2. The summed E-state index contributed by atoms with van der Waals surface area (Å²) in [7, 11) is -3.80. The lowest BCUT2D eigenvalue weighted by molar-refractivity contribution is -0.140. The summed E-state index contributed by atoms with van der Waals surface area (Å²) < 4.78 is 28.2. The lowest BCUT2D eigenvalue weighted by atomic mass is 10.0. The molecular weight excluding hydrogens is 602 g/mol. The average Bonchev–Trinajstić information content (AvgIpc) is 3.47. The van der Waals surface area contributed by atoms with Gasteiger partial charge in [-0.3, -0.25) is 13.9 Å². The molecule has 1 saturated carbocycles. The second-order valence-electron chi connectivity index (χ2n) is 10.6. The molecule has 0 unspecified atom stereocenters. The fourth-order valence-electron chi connectivity index (χ4n) is 5.36. The number of anilines is 1. The fraction of sp³-hybridized carbons (Fsp3) is 0.375. The van der Waals surface area contributed by atoms with E-state index in [4.69, 9.17) is 0 Å². The largest absolute Gasteiger partial charge is 0.352 e. The topological polar surface area (TPSA) is 86.8 Å². The van der Waals surface area contributed by atoms with E-state index in [0.717, 1.165) is 57.4 Å². The van der Waals surface area contributed by atoms with E-state index in [1.807, 2.05) is 73.7 Å². The van der Waals surface area contributed by atoms with Crippen LogP contribution in [-0.2, 0) is 39.0 Å². The Balaban J connectivity index is 1.73. The average molecular weight is 641 g/mol. The summed E-state index contributed by atoms with van der Waals surface area (Å²) in [5.41, 5.74) is 3.06. The van der Waals surface area contributed by atoms with E-state index >= 15 is 0 Å². The Morgan fingerprint density at radius 1 is 0.927 bits per heavy atom. The van der Waals surface area contributed by atoms with Gasteiger partial charge in [0, 0.05) is 23.5 Å². The summed E-state index contributed by atoms with van der Waals surface area (Å²) in [6, 6.07) is 23.7. The first-order valence-electron chi connectivity index (χ1n) is 14.1. The molecule has 41 heavy (non-hydrogen) atoms. The van der Waals surface area contributed by atoms with Crippen molar-refractivity contribution in [3.05, 3.63) is 100 Å². The quantitative estimate of drug-likeness (QED) is 0.284. The zero-order valence-corrected chi connectivity index (χ0v) is 26.0. The first-order chi connectivity index (χ1) is 19.7. The summed E-state index contributed by atoms with van der Waals surface area (Å²) in [6.45, 7) is 1.70. The Labute approximate surface area is 252 Å². The third-order valence-corrected chi connectivity index (χ3v) is 9.21. The number of rotatable bonds is 12. The number of aryl methyl sites for hydroxylation is 1. The Morgan fingerprint density at radius 2 is 1.56 bits per heavy atom. The SMILES string of the molecule is CCc1ccccc1N(CC(=O)N(Cc1ccc(Br)cc1)[C@@H](Cc1ccccc1)C(=O)NC1CCCC1)S(C)(=O)=O. The van der Waals surface area contributed by atoms with Crippen molar-refractivity contribution in [1.29, 1.82) is 0 Å². The lowest BCUT2D eigenvalue weighted by Gasteiger charge is -2.34. The minimum Gasteiger partial charge on any atom is -0.352 e. The van der Waals surface area contributed by atoms with Crippen LogP contribution in [-0.4, -0.2) is 50.0 Å². The Kier molecular flexibility index (Phi) is 10.6. The van der Waals surface area contributed by atoms with Gasteiger partial charge >= 0.3 is 0 Å². The molecule has 1 aliphatic rings. The fourth-order valence-corrected chi connectivity index (χ4v) is 6.50. The molecule has 0 aromatic heterocycles. The third-order valence-electron chi connectivity index (χ3n) is 7.56. The maximum Gasteiger partial charge on any atom is 0.244 e. The van der Waals surface area contributed by atoms with E-state index in [2.05, 4.69) is 21.2 Å².